The van der Waals surface area contributed by atoms with Crippen LogP contribution in [0.25, 0.3) is 0 Å². The van der Waals surface area contributed by atoms with Gasteiger partial charge in [-0.05, 0) is 19.8 Å². The lowest BCUT2D eigenvalue weighted by Gasteiger charge is -2.34. The molecular weight excluding hydrogens is 274 g/mol. The molecule has 2 rings (SSSR count). The average molecular weight is 295 g/mol. The van der Waals surface area contributed by atoms with E-state index < -0.39 is 5.41 Å². The zero-order chi connectivity index (χ0) is 15.5. The number of ether oxygens (including phenoxy) is 1. The maximum atomic E-state index is 12.5. The number of nitrogens with two attached hydrogens (primary N) is 1. The number of hydrogen-bond acceptors (Lipinski definition) is 5. The van der Waals surface area contributed by atoms with Crippen molar-refractivity contribution in [1.82, 2.24) is 15.1 Å². The highest BCUT2D eigenvalue weighted by Gasteiger charge is 2.44. The van der Waals surface area contributed by atoms with Crippen molar-refractivity contribution in [2.24, 2.45) is 23.4 Å². The Hall–Kier alpha value is -2.09. The summed E-state index contributed by atoms with van der Waals surface area (Å²) in [4.78, 5) is 12.5. The lowest BCUT2D eigenvalue weighted by molar-refractivity contribution is -0.131. The molecule has 1 amide bonds. The molecule has 0 unspecified atom stereocenters. The molecule has 1 aliphatic rings. The van der Waals surface area contributed by atoms with Crippen LogP contribution in [0.15, 0.2) is 11.4 Å². The molecule has 1 saturated heterocycles. The SMILES string of the molecule is Cc1nn(C)cc1CNC(=O)C1(/C(N)=N/O)CCOCC1. The molecule has 1 aliphatic heterocycles. The summed E-state index contributed by atoms with van der Waals surface area (Å²) in [5, 5.41) is 19.1. The van der Waals surface area contributed by atoms with Crippen LogP contribution in [0.5, 0.6) is 0 Å². The monoisotopic (exact) mass is 295 g/mol. The molecule has 1 aromatic rings. The van der Waals surface area contributed by atoms with Crippen molar-refractivity contribution in [1.29, 1.82) is 0 Å². The summed E-state index contributed by atoms with van der Waals surface area (Å²) in [6, 6.07) is 0. The number of nitrogens with zero attached hydrogens (tertiary/aromatic N) is 3. The standard InChI is InChI=1S/C13H21N5O3/c1-9-10(8-18(2)16-9)7-15-12(19)13(11(14)17-20)3-5-21-6-4-13/h8,20H,3-7H2,1-2H3,(H2,14,17)(H,15,19). The van der Waals surface area contributed by atoms with Crippen LogP contribution in [-0.2, 0) is 23.1 Å². The van der Waals surface area contributed by atoms with Crippen molar-refractivity contribution < 1.29 is 14.7 Å². The molecule has 0 atom stereocenters. The Balaban J connectivity index is 2.10. The van der Waals surface area contributed by atoms with Gasteiger partial charge in [0.2, 0.25) is 5.91 Å². The second kappa shape index (κ2) is 6.13. The lowest BCUT2D eigenvalue weighted by atomic mass is 9.78. The van der Waals surface area contributed by atoms with Gasteiger partial charge in [-0.2, -0.15) is 5.10 Å². The second-order valence-corrected chi connectivity index (χ2v) is 5.28. The molecule has 0 radical (unpaired) electrons. The minimum Gasteiger partial charge on any atom is -0.409 e. The summed E-state index contributed by atoms with van der Waals surface area (Å²) in [5.41, 5.74) is 6.56. The Morgan fingerprint density at radius 2 is 2.29 bits per heavy atom. The van der Waals surface area contributed by atoms with Gasteiger partial charge >= 0.3 is 0 Å². The van der Waals surface area contributed by atoms with Crippen molar-refractivity contribution in [3.8, 4) is 0 Å². The number of aryl methyl sites for hydroxylation is 2. The number of aromatic nitrogens is 2. The van der Waals surface area contributed by atoms with Gasteiger partial charge in [0, 0.05) is 38.6 Å². The van der Waals surface area contributed by atoms with E-state index in [-0.39, 0.29) is 11.7 Å². The summed E-state index contributed by atoms with van der Waals surface area (Å²) in [5.74, 6) is -0.310. The lowest BCUT2D eigenvalue weighted by Crippen LogP contribution is -2.52. The van der Waals surface area contributed by atoms with E-state index in [0.29, 0.717) is 32.6 Å². The summed E-state index contributed by atoms with van der Waals surface area (Å²) in [7, 11) is 1.83. The zero-order valence-electron chi connectivity index (χ0n) is 12.3. The quantitative estimate of drug-likeness (QED) is 0.310. The maximum absolute atomic E-state index is 12.5. The van der Waals surface area contributed by atoms with Gasteiger partial charge < -0.3 is 21.0 Å². The summed E-state index contributed by atoms with van der Waals surface area (Å²) >= 11 is 0. The highest BCUT2D eigenvalue weighted by molar-refractivity contribution is 6.06. The van der Waals surface area contributed by atoms with E-state index in [0.717, 1.165) is 11.3 Å². The van der Waals surface area contributed by atoms with Gasteiger partial charge in [-0.15, -0.1) is 0 Å². The molecule has 0 aromatic carbocycles. The molecular formula is C13H21N5O3. The first-order valence-corrected chi connectivity index (χ1v) is 6.83. The third-order valence-corrected chi connectivity index (χ3v) is 3.93. The number of oxime groups is 1. The van der Waals surface area contributed by atoms with Crippen LogP contribution >= 0.6 is 0 Å². The fourth-order valence-electron chi connectivity index (χ4n) is 2.58. The Labute approximate surface area is 122 Å². The summed E-state index contributed by atoms with van der Waals surface area (Å²) in [6.07, 6.45) is 2.66. The summed E-state index contributed by atoms with van der Waals surface area (Å²) in [6.45, 7) is 3.07. The van der Waals surface area contributed by atoms with E-state index in [2.05, 4.69) is 15.6 Å². The van der Waals surface area contributed by atoms with Crippen molar-refractivity contribution >= 4 is 11.7 Å². The van der Waals surface area contributed by atoms with Gasteiger partial charge in [-0.1, -0.05) is 5.16 Å². The molecule has 1 aromatic heterocycles. The van der Waals surface area contributed by atoms with Gasteiger partial charge in [0.15, 0.2) is 5.84 Å². The van der Waals surface area contributed by atoms with E-state index in [9.17, 15) is 4.79 Å². The van der Waals surface area contributed by atoms with Crippen LogP contribution < -0.4 is 11.1 Å². The number of carbonyl (C=O) groups excluding carboxylic acids is 1. The van der Waals surface area contributed by atoms with Gasteiger partial charge in [-0.25, -0.2) is 0 Å². The fraction of sp³-hybridized carbons (Fsp3) is 0.615. The largest absolute Gasteiger partial charge is 0.409 e. The first kappa shape index (κ1) is 15.3. The van der Waals surface area contributed by atoms with Gasteiger partial charge in [0.25, 0.3) is 0 Å². The predicted octanol–water partition coefficient (Wildman–Crippen LogP) is -0.112. The molecule has 8 nitrogen and oxygen atoms in total. The van der Waals surface area contributed by atoms with Gasteiger partial charge in [-0.3, -0.25) is 9.48 Å². The first-order valence-electron chi connectivity index (χ1n) is 6.83. The topological polar surface area (TPSA) is 115 Å². The number of hydrogen-bond donors (Lipinski definition) is 3. The van der Waals surface area contributed by atoms with E-state index in [1.807, 2.05) is 20.2 Å². The van der Waals surface area contributed by atoms with E-state index in [1.54, 1.807) is 4.68 Å². The number of amides is 1. The van der Waals surface area contributed by atoms with Crippen molar-refractivity contribution in [3.05, 3.63) is 17.5 Å². The predicted molar refractivity (Wildman–Crippen MR) is 75.7 cm³/mol. The van der Waals surface area contributed by atoms with Crippen molar-refractivity contribution in [3.63, 3.8) is 0 Å². The van der Waals surface area contributed by atoms with Crippen molar-refractivity contribution in [2.75, 3.05) is 13.2 Å². The number of carbonyl (C=O) groups is 1. The Kier molecular flexibility index (Phi) is 4.46. The normalized spacial score (nSPS) is 18.5. The molecule has 8 heteroatoms. The maximum Gasteiger partial charge on any atom is 0.234 e. The van der Waals surface area contributed by atoms with Crippen LogP contribution in [0.4, 0.5) is 0 Å². The molecule has 4 N–H and O–H groups in total. The van der Waals surface area contributed by atoms with Crippen LogP contribution in [0.3, 0.4) is 0 Å². The van der Waals surface area contributed by atoms with Crippen LogP contribution in [-0.4, -0.2) is 39.9 Å². The Morgan fingerprint density at radius 1 is 1.62 bits per heavy atom. The minimum atomic E-state index is -0.997. The Morgan fingerprint density at radius 3 is 2.81 bits per heavy atom. The summed E-state index contributed by atoms with van der Waals surface area (Å²) < 4.78 is 6.97. The molecule has 116 valence electrons. The van der Waals surface area contributed by atoms with Crippen molar-refractivity contribution in [2.45, 2.75) is 26.3 Å². The molecule has 2 heterocycles. The highest BCUT2D eigenvalue weighted by atomic mass is 16.5. The third-order valence-electron chi connectivity index (χ3n) is 3.93. The smallest absolute Gasteiger partial charge is 0.234 e. The van der Waals surface area contributed by atoms with Crippen LogP contribution in [0.1, 0.15) is 24.1 Å². The molecule has 0 aliphatic carbocycles. The van der Waals surface area contributed by atoms with Gasteiger partial charge in [0.1, 0.15) is 5.41 Å². The third kappa shape index (κ3) is 2.99. The molecule has 0 saturated carbocycles. The number of amidine groups is 1. The Bertz CT molecular complexity index is 546. The first-order chi connectivity index (χ1) is 9.99. The molecule has 0 spiro atoms. The van der Waals surface area contributed by atoms with Crippen LogP contribution in [0, 0.1) is 12.3 Å². The van der Waals surface area contributed by atoms with E-state index in [1.165, 1.54) is 0 Å². The number of rotatable bonds is 4. The van der Waals surface area contributed by atoms with E-state index in [4.69, 9.17) is 15.7 Å². The minimum absolute atomic E-state index is 0.0637. The molecule has 21 heavy (non-hydrogen) atoms. The fourth-order valence-corrected chi connectivity index (χ4v) is 2.58. The molecule has 0 bridgehead atoms. The average Bonchev–Trinajstić information content (AvgIpc) is 2.82. The second-order valence-electron chi connectivity index (χ2n) is 5.28. The number of nitrogens with one attached hydrogen (secondary N) is 1. The zero-order valence-corrected chi connectivity index (χ0v) is 12.3. The van der Waals surface area contributed by atoms with Crippen LogP contribution in [0.2, 0.25) is 0 Å². The van der Waals surface area contributed by atoms with E-state index >= 15 is 0 Å². The molecule has 1 fully saturated rings. The highest BCUT2D eigenvalue weighted by Crippen LogP contribution is 2.31. The van der Waals surface area contributed by atoms with Gasteiger partial charge in [0.05, 0.1) is 5.69 Å².